The number of hydrogen-bond donors (Lipinski definition) is 1. The Morgan fingerprint density at radius 3 is 2.75 bits per heavy atom. The molecule has 5 nitrogen and oxygen atoms in total. The molecule has 1 fully saturated rings. The highest BCUT2D eigenvalue weighted by Gasteiger charge is 2.37. The van der Waals surface area contributed by atoms with Crippen molar-refractivity contribution in [1.82, 2.24) is 14.8 Å². The van der Waals surface area contributed by atoms with Gasteiger partial charge in [-0.05, 0) is 48.2 Å². The molecule has 1 amide bonds. The molecule has 3 heterocycles. The highest BCUT2D eigenvalue weighted by Crippen LogP contribution is 2.24. The maximum Gasteiger partial charge on any atom is 0.264 e. The highest BCUT2D eigenvalue weighted by atomic mass is 32.1. The zero-order chi connectivity index (χ0) is 17.1. The number of amides is 1. The molecule has 2 aromatic heterocycles. The number of aliphatic hydroxyl groups excluding tert-OH is 1. The van der Waals surface area contributed by atoms with Crippen LogP contribution in [0.25, 0.3) is 0 Å². The van der Waals surface area contributed by atoms with Gasteiger partial charge in [0.15, 0.2) is 0 Å². The van der Waals surface area contributed by atoms with Gasteiger partial charge in [-0.3, -0.25) is 14.7 Å². The summed E-state index contributed by atoms with van der Waals surface area (Å²) >= 11 is 1.47. The lowest BCUT2D eigenvalue weighted by Gasteiger charge is -2.29. The standard InChI is InChI=1S/C18H23N3O2S/c1-3-20(10-14-4-7-19-8-5-14)15-11-21(12-16(15)22)18(23)17-13(2)6-9-24-17/h4-9,15-16,22H,3,10-12H2,1-2H3/t15-,16-/m1/s1. The van der Waals surface area contributed by atoms with Crippen LogP contribution in [0.15, 0.2) is 36.0 Å². The molecule has 1 aliphatic rings. The van der Waals surface area contributed by atoms with E-state index >= 15 is 0 Å². The molecular formula is C18H23N3O2S. The summed E-state index contributed by atoms with van der Waals surface area (Å²) in [5.41, 5.74) is 2.17. The van der Waals surface area contributed by atoms with Crippen LogP contribution in [0, 0.1) is 6.92 Å². The first kappa shape index (κ1) is 17.1. The number of β-amino-alcohol motifs (C(OH)–C–C–N with tert-alkyl or cyclic N) is 1. The first-order valence-corrected chi connectivity index (χ1v) is 9.12. The van der Waals surface area contributed by atoms with Crippen molar-refractivity contribution in [2.75, 3.05) is 19.6 Å². The number of pyridine rings is 1. The average molecular weight is 345 g/mol. The molecule has 0 saturated carbocycles. The maximum absolute atomic E-state index is 12.7. The fourth-order valence-corrected chi connectivity index (χ4v) is 4.11. The van der Waals surface area contributed by atoms with Crippen molar-refractivity contribution in [1.29, 1.82) is 0 Å². The van der Waals surface area contributed by atoms with E-state index in [0.717, 1.165) is 29.1 Å². The number of aryl methyl sites for hydroxylation is 1. The van der Waals surface area contributed by atoms with Gasteiger partial charge in [-0.1, -0.05) is 6.92 Å². The van der Waals surface area contributed by atoms with Gasteiger partial charge in [-0.15, -0.1) is 11.3 Å². The molecule has 1 aliphatic heterocycles. The molecule has 3 rings (SSSR count). The normalized spacial score (nSPS) is 20.8. The minimum Gasteiger partial charge on any atom is -0.390 e. The quantitative estimate of drug-likeness (QED) is 0.902. The summed E-state index contributed by atoms with van der Waals surface area (Å²) in [5, 5.41) is 12.4. The average Bonchev–Trinajstić information content (AvgIpc) is 3.19. The minimum absolute atomic E-state index is 0.0315. The molecule has 2 atom stereocenters. The van der Waals surface area contributed by atoms with Crippen LogP contribution in [0.1, 0.15) is 27.7 Å². The second kappa shape index (κ2) is 7.42. The first-order valence-electron chi connectivity index (χ1n) is 8.24. The van der Waals surface area contributed by atoms with Crippen molar-refractivity contribution >= 4 is 17.2 Å². The third kappa shape index (κ3) is 3.50. The molecule has 128 valence electrons. The zero-order valence-corrected chi connectivity index (χ0v) is 14.9. The summed E-state index contributed by atoms with van der Waals surface area (Å²) in [7, 11) is 0. The van der Waals surface area contributed by atoms with Crippen LogP contribution in [-0.4, -0.2) is 57.6 Å². The van der Waals surface area contributed by atoms with Gasteiger partial charge in [0, 0.05) is 32.0 Å². The first-order chi connectivity index (χ1) is 11.6. The van der Waals surface area contributed by atoms with E-state index in [1.807, 2.05) is 30.5 Å². The summed E-state index contributed by atoms with van der Waals surface area (Å²) in [6.45, 7) is 6.58. The van der Waals surface area contributed by atoms with Gasteiger partial charge in [0.05, 0.1) is 17.0 Å². The Bertz CT molecular complexity index is 689. The maximum atomic E-state index is 12.7. The summed E-state index contributed by atoms with van der Waals surface area (Å²) in [5.74, 6) is 0.0315. The lowest BCUT2D eigenvalue weighted by molar-refractivity contribution is 0.0761. The molecule has 6 heteroatoms. The fraction of sp³-hybridized carbons (Fsp3) is 0.444. The van der Waals surface area contributed by atoms with Crippen LogP contribution in [0.2, 0.25) is 0 Å². The number of rotatable bonds is 5. The number of likely N-dealkylation sites (tertiary alicyclic amines) is 1. The van der Waals surface area contributed by atoms with Crippen LogP contribution in [0.3, 0.4) is 0 Å². The molecule has 1 saturated heterocycles. The van der Waals surface area contributed by atoms with E-state index in [0.29, 0.717) is 13.1 Å². The van der Waals surface area contributed by atoms with Crippen LogP contribution < -0.4 is 0 Å². The minimum atomic E-state index is -0.518. The van der Waals surface area contributed by atoms with Gasteiger partial charge in [-0.2, -0.15) is 0 Å². The number of hydrogen-bond acceptors (Lipinski definition) is 5. The number of nitrogens with zero attached hydrogens (tertiary/aromatic N) is 3. The molecule has 0 spiro atoms. The number of aromatic nitrogens is 1. The van der Waals surface area contributed by atoms with Gasteiger partial charge in [-0.25, -0.2) is 0 Å². The fourth-order valence-electron chi connectivity index (χ4n) is 3.22. The molecule has 0 bridgehead atoms. The molecule has 1 N–H and O–H groups in total. The summed E-state index contributed by atoms with van der Waals surface area (Å²) in [4.78, 5) is 21.5. The van der Waals surface area contributed by atoms with E-state index in [4.69, 9.17) is 0 Å². The Hall–Kier alpha value is -1.76. The Balaban J connectivity index is 1.70. The Labute approximate surface area is 146 Å². The number of thiophene rings is 1. The van der Waals surface area contributed by atoms with Crippen LogP contribution >= 0.6 is 11.3 Å². The zero-order valence-electron chi connectivity index (χ0n) is 14.1. The monoisotopic (exact) mass is 345 g/mol. The smallest absolute Gasteiger partial charge is 0.264 e. The third-order valence-corrected chi connectivity index (χ3v) is 5.62. The van der Waals surface area contributed by atoms with Crippen molar-refractivity contribution in [3.05, 3.63) is 52.0 Å². The molecule has 0 radical (unpaired) electrons. The molecule has 0 unspecified atom stereocenters. The van der Waals surface area contributed by atoms with Crippen molar-refractivity contribution in [2.45, 2.75) is 32.5 Å². The lowest BCUT2D eigenvalue weighted by atomic mass is 10.1. The third-order valence-electron chi connectivity index (χ3n) is 4.61. The predicted octanol–water partition coefficient (Wildman–Crippen LogP) is 2.16. The molecule has 2 aromatic rings. The van der Waals surface area contributed by atoms with E-state index in [1.54, 1.807) is 17.3 Å². The predicted molar refractivity (Wildman–Crippen MR) is 95.1 cm³/mol. The van der Waals surface area contributed by atoms with Crippen molar-refractivity contribution < 1.29 is 9.90 Å². The van der Waals surface area contributed by atoms with Gasteiger partial charge in [0.1, 0.15) is 0 Å². The van der Waals surface area contributed by atoms with Gasteiger partial charge < -0.3 is 10.0 Å². The van der Waals surface area contributed by atoms with Crippen LogP contribution in [0.5, 0.6) is 0 Å². The highest BCUT2D eigenvalue weighted by molar-refractivity contribution is 7.12. The molecule has 0 aliphatic carbocycles. The van der Waals surface area contributed by atoms with Crippen molar-refractivity contribution in [3.8, 4) is 0 Å². The largest absolute Gasteiger partial charge is 0.390 e. The van der Waals surface area contributed by atoms with Gasteiger partial charge in [0.2, 0.25) is 0 Å². The second-order valence-corrected chi connectivity index (χ2v) is 7.11. The van der Waals surface area contributed by atoms with Crippen molar-refractivity contribution in [3.63, 3.8) is 0 Å². The Morgan fingerprint density at radius 1 is 1.38 bits per heavy atom. The number of carbonyl (C=O) groups excluding carboxylic acids is 1. The Kier molecular flexibility index (Phi) is 5.28. The van der Waals surface area contributed by atoms with Crippen molar-refractivity contribution in [2.24, 2.45) is 0 Å². The summed E-state index contributed by atoms with van der Waals surface area (Å²) < 4.78 is 0. The van der Waals surface area contributed by atoms with E-state index in [1.165, 1.54) is 11.3 Å². The van der Waals surface area contributed by atoms with Gasteiger partial charge >= 0.3 is 0 Å². The molecular weight excluding hydrogens is 322 g/mol. The van der Waals surface area contributed by atoms with E-state index < -0.39 is 6.10 Å². The van der Waals surface area contributed by atoms with Crippen LogP contribution in [-0.2, 0) is 6.54 Å². The lowest BCUT2D eigenvalue weighted by Crippen LogP contribution is -2.43. The van der Waals surface area contributed by atoms with E-state index in [9.17, 15) is 9.90 Å². The number of aliphatic hydroxyl groups is 1. The molecule has 24 heavy (non-hydrogen) atoms. The van der Waals surface area contributed by atoms with Gasteiger partial charge in [0.25, 0.3) is 5.91 Å². The SMILES string of the molecule is CCN(Cc1ccncc1)[C@@H]1CN(C(=O)c2sccc2C)C[C@H]1O. The number of carbonyl (C=O) groups is 1. The van der Waals surface area contributed by atoms with Crippen LogP contribution in [0.4, 0.5) is 0 Å². The summed E-state index contributed by atoms with van der Waals surface area (Å²) in [6.07, 6.45) is 3.05. The van der Waals surface area contributed by atoms with E-state index in [2.05, 4.69) is 16.8 Å². The number of likely N-dealkylation sites (N-methyl/N-ethyl adjacent to an activating group) is 1. The van der Waals surface area contributed by atoms with E-state index in [-0.39, 0.29) is 11.9 Å². The molecule has 0 aromatic carbocycles. The Morgan fingerprint density at radius 2 is 2.12 bits per heavy atom. The second-order valence-electron chi connectivity index (χ2n) is 6.20. The topological polar surface area (TPSA) is 56.7 Å². The summed E-state index contributed by atoms with van der Waals surface area (Å²) in [6, 6.07) is 5.90.